The van der Waals surface area contributed by atoms with Gasteiger partial charge in [0.2, 0.25) is 0 Å². The van der Waals surface area contributed by atoms with Crippen LogP contribution in [-0.4, -0.2) is 23.8 Å². The van der Waals surface area contributed by atoms with Crippen LogP contribution >= 0.6 is 15.9 Å². The van der Waals surface area contributed by atoms with Crippen molar-refractivity contribution in [2.24, 2.45) is 0 Å². The van der Waals surface area contributed by atoms with Crippen molar-refractivity contribution in [3.63, 3.8) is 0 Å². The van der Waals surface area contributed by atoms with Crippen molar-refractivity contribution in [3.05, 3.63) is 0 Å². The van der Waals surface area contributed by atoms with Crippen LogP contribution in [0, 0.1) is 0 Å². The standard InChI is InChI=1S/C6H9BrO2/c7-5-2-1-4-3-8-6(5)9-4/h4-6H,1-3H2/t4-,5+,6+/m0/s1. The summed E-state index contributed by atoms with van der Waals surface area (Å²) in [6.45, 7) is 0.798. The van der Waals surface area contributed by atoms with Gasteiger partial charge < -0.3 is 9.47 Å². The molecule has 0 unspecified atom stereocenters. The molecule has 0 aromatic heterocycles. The molecule has 2 aliphatic heterocycles. The molecule has 3 atom stereocenters. The number of alkyl halides is 1. The van der Waals surface area contributed by atoms with Crippen LogP contribution in [0.4, 0.5) is 0 Å². The highest BCUT2D eigenvalue weighted by Gasteiger charge is 2.36. The maximum absolute atomic E-state index is 5.44. The first-order valence-electron chi connectivity index (χ1n) is 3.27. The summed E-state index contributed by atoms with van der Waals surface area (Å²) in [4.78, 5) is 0.427. The van der Waals surface area contributed by atoms with Gasteiger partial charge in [-0.05, 0) is 12.8 Å². The predicted octanol–water partition coefficient (Wildman–Crippen LogP) is 1.29. The normalized spacial score (nSPS) is 49.7. The van der Waals surface area contributed by atoms with Gasteiger partial charge in [-0.25, -0.2) is 0 Å². The van der Waals surface area contributed by atoms with Crippen LogP contribution in [0.3, 0.4) is 0 Å². The van der Waals surface area contributed by atoms with Gasteiger partial charge in [-0.1, -0.05) is 15.9 Å². The molecule has 9 heavy (non-hydrogen) atoms. The lowest BCUT2D eigenvalue weighted by molar-refractivity contribution is -0.0750. The van der Waals surface area contributed by atoms with Crippen LogP contribution in [0.1, 0.15) is 12.8 Å². The average Bonchev–Trinajstić information content (AvgIpc) is 2.25. The molecule has 0 aromatic carbocycles. The van der Waals surface area contributed by atoms with E-state index in [1.807, 2.05) is 0 Å². The molecule has 0 spiro atoms. The molecule has 2 nitrogen and oxygen atoms in total. The van der Waals surface area contributed by atoms with Crippen LogP contribution in [0.25, 0.3) is 0 Å². The molecular weight excluding hydrogens is 184 g/mol. The molecule has 0 aliphatic carbocycles. The van der Waals surface area contributed by atoms with E-state index in [1.54, 1.807) is 0 Å². The Morgan fingerprint density at radius 3 is 3.00 bits per heavy atom. The minimum atomic E-state index is 0.0451. The van der Waals surface area contributed by atoms with Gasteiger partial charge in [-0.15, -0.1) is 0 Å². The quantitative estimate of drug-likeness (QED) is 0.539. The maximum Gasteiger partial charge on any atom is 0.170 e. The third-order valence-electron chi connectivity index (χ3n) is 1.83. The van der Waals surface area contributed by atoms with E-state index < -0.39 is 0 Å². The van der Waals surface area contributed by atoms with E-state index >= 15 is 0 Å². The Morgan fingerprint density at radius 1 is 1.33 bits per heavy atom. The number of rotatable bonds is 0. The molecule has 0 saturated carbocycles. The van der Waals surface area contributed by atoms with Crippen molar-refractivity contribution in [2.45, 2.75) is 30.1 Å². The molecule has 2 bridgehead atoms. The minimum absolute atomic E-state index is 0.0451. The largest absolute Gasteiger partial charge is 0.349 e. The first kappa shape index (κ1) is 6.13. The molecule has 2 heterocycles. The Hall–Kier alpha value is 0.400. The summed E-state index contributed by atoms with van der Waals surface area (Å²) >= 11 is 3.49. The minimum Gasteiger partial charge on any atom is -0.349 e. The summed E-state index contributed by atoms with van der Waals surface area (Å²) in [5.74, 6) is 0. The van der Waals surface area contributed by atoms with Gasteiger partial charge in [0, 0.05) is 0 Å². The summed E-state index contributed by atoms with van der Waals surface area (Å²) in [5, 5.41) is 0. The second kappa shape index (κ2) is 2.22. The lowest BCUT2D eigenvalue weighted by Gasteiger charge is -2.22. The van der Waals surface area contributed by atoms with Gasteiger partial charge >= 0.3 is 0 Å². The molecule has 3 heteroatoms. The monoisotopic (exact) mass is 192 g/mol. The van der Waals surface area contributed by atoms with E-state index in [0.717, 1.165) is 13.0 Å². The van der Waals surface area contributed by atoms with Crippen LogP contribution in [0.15, 0.2) is 0 Å². The Kier molecular flexibility index (Phi) is 1.51. The number of ether oxygens (including phenoxy) is 2. The predicted molar refractivity (Wildman–Crippen MR) is 36.6 cm³/mol. The van der Waals surface area contributed by atoms with E-state index in [1.165, 1.54) is 6.42 Å². The van der Waals surface area contributed by atoms with Gasteiger partial charge in [-0.2, -0.15) is 0 Å². The number of hydrogen-bond acceptors (Lipinski definition) is 2. The maximum atomic E-state index is 5.44. The van der Waals surface area contributed by atoms with E-state index in [9.17, 15) is 0 Å². The lowest BCUT2D eigenvalue weighted by Crippen LogP contribution is -2.28. The number of hydrogen-bond donors (Lipinski definition) is 0. The number of halogens is 1. The van der Waals surface area contributed by atoms with Crippen molar-refractivity contribution < 1.29 is 9.47 Å². The highest BCUT2D eigenvalue weighted by Crippen LogP contribution is 2.31. The second-order valence-electron chi connectivity index (χ2n) is 2.55. The van der Waals surface area contributed by atoms with Crippen molar-refractivity contribution in [1.82, 2.24) is 0 Å². The van der Waals surface area contributed by atoms with Gasteiger partial charge in [0.25, 0.3) is 0 Å². The van der Waals surface area contributed by atoms with Gasteiger partial charge in [0.15, 0.2) is 6.29 Å². The third-order valence-corrected chi connectivity index (χ3v) is 2.72. The molecule has 52 valence electrons. The number of fused-ring (bicyclic) bond motifs is 2. The van der Waals surface area contributed by atoms with Crippen molar-refractivity contribution >= 4 is 15.9 Å². The molecule has 0 N–H and O–H groups in total. The van der Waals surface area contributed by atoms with Crippen LogP contribution < -0.4 is 0 Å². The fourth-order valence-electron chi connectivity index (χ4n) is 1.29. The lowest BCUT2D eigenvalue weighted by atomic mass is 10.1. The summed E-state index contributed by atoms with van der Waals surface area (Å²) in [5.41, 5.74) is 0. The Balaban J connectivity index is 2.05. The highest BCUT2D eigenvalue weighted by molar-refractivity contribution is 9.09. The zero-order valence-electron chi connectivity index (χ0n) is 5.05. The summed E-state index contributed by atoms with van der Waals surface area (Å²) in [7, 11) is 0. The fraction of sp³-hybridized carbons (Fsp3) is 1.00. The van der Waals surface area contributed by atoms with E-state index in [4.69, 9.17) is 9.47 Å². The summed E-state index contributed by atoms with van der Waals surface area (Å²) < 4.78 is 10.8. The van der Waals surface area contributed by atoms with Crippen LogP contribution in [-0.2, 0) is 9.47 Å². The highest BCUT2D eigenvalue weighted by atomic mass is 79.9. The summed E-state index contributed by atoms with van der Waals surface area (Å²) in [6, 6.07) is 0. The smallest absolute Gasteiger partial charge is 0.170 e. The molecule has 2 saturated heterocycles. The topological polar surface area (TPSA) is 18.5 Å². The Bertz CT molecular complexity index is 118. The molecule has 2 aliphatic rings. The zero-order chi connectivity index (χ0) is 6.27. The van der Waals surface area contributed by atoms with Gasteiger partial charge in [0.05, 0.1) is 17.5 Å². The second-order valence-corrected chi connectivity index (χ2v) is 3.73. The molecule has 0 aromatic rings. The molecular formula is C6H9BrO2. The van der Waals surface area contributed by atoms with E-state index in [2.05, 4.69) is 15.9 Å². The van der Waals surface area contributed by atoms with Crippen molar-refractivity contribution in [1.29, 1.82) is 0 Å². The van der Waals surface area contributed by atoms with Crippen molar-refractivity contribution in [3.8, 4) is 0 Å². The molecule has 0 amide bonds. The molecule has 2 rings (SSSR count). The summed E-state index contributed by atoms with van der Waals surface area (Å²) in [6.07, 6.45) is 2.77. The third kappa shape index (κ3) is 1.02. The average molecular weight is 193 g/mol. The van der Waals surface area contributed by atoms with E-state index in [-0.39, 0.29) is 6.29 Å². The first-order valence-corrected chi connectivity index (χ1v) is 4.19. The van der Waals surface area contributed by atoms with Crippen molar-refractivity contribution in [2.75, 3.05) is 6.61 Å². The first-order chi connectivity index (χ1) is 4.36. The SMILES string of the molecule is Br[C@@H]1CC[C@H]2CO[C@@H]1O2. The molecule has 0 radical (unpaired) electrons. The molecule has 2 fully saturated rings. The van der Waals surface area contributed by atoms with Crippen LogP contribution in [0.5, 0.6) is 0 Å². The van der Waals surface area contributed by atoms with E-state index in [0.29, 0.717) is 10.9 Å². The van der Waals surface area contributed by atoms with Gasteiger partial charge in [0.1, 0.15) is 0 Å². The fourth-order valence-corrected chi connectivity index (χ4v) is 1.83. The Morgan fingerprint density at radius 2 is 2.22 bits per heavy atom. The Labute approximate surface area is 62.6 Å². The zero-order valence-corrected chi connectivity index (χ0v) is 6.63. The van der Waals surface area contributed by atoms with Crippen LogP contribution in [0.2, 0.25) is 0 Å². The van der Waals surface area contributed by atoms with Gasteiger partial charge in [-0.3, -0.25) is 0 Å².